The van der Waals surface area contributed by atoms with E-state index in [4.69, 9.17) is 15.9 Å². The minimum atomic E-state index is -1.50. The van der Waals surface area contributed by atoms with Gasteiger partial charge in [0.15, 0.2) is 0 Å². The van der Waals surface area contributed by atoms with Crippen LogP contribution < -0.4 is 21.7 Å². The van der Waals surface area contributed by atoms with Crippen molar-refractivity contribution in [3.63, 3.8) is 0 Å². The molecule has 0 radical (unpaired) electrons. The van der Waals surface area contributed by atoms with Crippen LogP contribution in [0.2, 0.25) is 0 Å². The summed E-state index contributed by atoms with van der Waals surface area (Å²) in [5, 5.41) is 33.9. The van der Waals surface area contributed by atoms with Gasteiger partial charge in [0.05, 0.1) is 13.2 Å². The second-order valence-corrected chi connectivity index (χ2v) is 6.21. The SMILES string of the molecule is CCC(C)C(NC(=O)CN)C(=O)NC(CO)C(=O)NC(CCC(=O)O)C(=O)O. The van der Waals surface area contributed by atoms with Crippen molar-refractivity contribution in [2.45, 2.75) is 51.2 Å². The monoisotopic (exact) mass is 404 g/mol. The number of amides is 3. The molecule has 0 heterocycles. The molecule has 0 saturated carbocycles. The summed E-state index contributed by atoms with van der Waals surface area (Å²) in [5.41, 5.74) is 5.23. The van der Waals surface area contributed by atoms with Crippen molar-refractivity contribution < 1.29 is 39.3 Å². The highest BCUT2D eigenvalue weighted by atomic mass is 16.4. The first-order valence-electron chi connectivity index (χ1n) is 8.72. The number of aliphatic carboxylic acids is 2. The number of aliphatic hydroxyl groups is 1. The Balaban J connectivity index is 5.12. The van der Waals surface area contributed by atoms with Gasteiger partial charge in [-0.25, -0.2) is 4.79 Å². The van der Waals surface area contributed by atoms with Crippen LogP contribution in [-0.2, 0) is 24.0 Å². The van der Waals surface area contributed by atoms with Crippen LogP contribution in [0.1, 0.15) is 33.1 Å². The van der Waals surface area contributed by atoms with Crippen LogP contribution in [-0.4, -0.2) is 76.3 Å². The standard InChI is InChI=1S/C16H28N4O8/c1-3-8(2)13(20-11(22)6-17)15(26)19-10(7-21)14(25)18-9(16(27)28)4-5-12(23)24/h8-10,13,21H,3-7,17H2,1-2H3,(H,18,25)(H,19,26)(H,20,22)(H,23,24)(H,27,28). The van der Waals surface area contributed by atoms with E-state index in [2.05, 4.69) is 16.0 Å². The average Bonchev–Trinajstić information content (AvgIpc) is 2.65. The summed E-state index contributed by atoms with van der Waals surface area (Å²) in [5.74, 6) is -5.32. The summed E-state index contributed by atoms with van der Waals surface area (Å²) in [7, 11) is 0. The van der Waals surface area contributed by atoms with Crippen molar-refractivity contribution in [3.05, 3.63) is 0 Å². The molecule has 160 valence electrons. The van der Waals surface area contributed by atoms with Gasteiger partial charge in [-0.05, 0) is 12.3 Å². The largest absolute Gasteiger partial charge is 0.481 e. The molecule has 3 amide bonds. The zero-order chi connectivity index (χ0) is 21.9. The Hall–Kier alpha value is -2.73. The summed E-state index contributed by atoms with van der Waals surface area (Å²) in [6.45, 7) is 2.31. The fourth-order valence-electron chi connectivity index (χ4n) is 2.19. The smallest absolute Gasteiger partial charge is 0.326 e. The van der Waals surface area contributed by atoms with Gasteiger partial charge in [0.2, 0.25) is 17.7 Å². The number of carbonyl (C=O) groups is 5. The fourth-order valence-corrected chi connectivity index (χ4v) is 2.19. The van der Waals surface area contributed by atoms with Crippen LogP contribution >= 0.6 is 0 Å². The highest BCUT2D eigenvalue weighted by Crippen LogP contribution is 2.08. The third kappa shape index (κ3) is 8.77. The highest BCUT2D eigenvalue weighted by Gasteiger charge is 2.31. The quantitative estimate of drug-likeness (QED) is 0.171. The Morgan fingerprint density at radius 1 is 0.964 bits per heavy atom. The number of nitrogens with two attached hydrogens (primary N) is 1. The molecule has 4 atom stereocenters. The third-order valence-electron chi connectivity index (χ3n) is 4.07. The zero-order valence-electron chi connectivity index (χ0n) is 15.8. The number of nitrogens with one attached hydrogen (secondary N) is 3. The third-order valence-corrected chi connectivity index (χ3v) is 4.07. The Morgan fingerprint density at radius 3 is 1.96 bits per heavy atom. The number of carboxylic acids is 2. The molecule has 0 fully saturated rings. The Bertz CT molecular complexity index is 583. The van der Waals surface area contributed by atoms with Gasteiger partial charge in [0.25, 0.3) is 0 Å². The molecule has 0 aromatic rings. The molecule has 0 spiro atoms. The van der Waals surface area contributed by atoms with Crippen LogP contribution in [0.15, 0.2) is 0 Å². The van der Waals surface area contributed by atoms with Crippen molar-refractivity contribution in [1.29, 1.82) is 0 Å². The van der Waals surface area contributed by atoms with Crippen LogP contribution in [0.3, 0.4) is 0 Å². The van der Waals surface area contributed by atoms with Crippen LogP contribution in [0.4, 0.5) is 0 Å². The van der Waals surface area contributed by atoms with Crippen LogP contribution in [0.25, 0.3) is 0 Å². The average molecular weight is 404 g/mol. The van der Waals surface area contributed by atoms with Gasteiger partial charge < -0.3 is 37.0 Å². The maximum absolute atomic E-state index is 12.5. The van der Waals surface area contributed by atoms with E-state index in [1.165, 1.54) is 0 Å². The topological polar surface area (TPSA) is 208 Å². The molecule has 4 unspecified atom stereocenters. The lowest BCUT2D eigenvalue weighted by Crippen LogP contribution is -2.58. The first-order valence-corrected chi connectivity index (χ1v) is 8.72. The van der Waals surface area contributed by atoms with E-state index in [1.54, 1.807) is 13.8 Å². The number of rotatable bonds is 13. The van der Waals surface area contributed by atoms with Gasteiger partial charge in [-0.3, -0.25) is 19.2 Å². The molecule has 0 aliphatic carbocycles. The molecule has 0 bridgehead atoms. The molecule has 0 rings (SSSR count). The lowest BCUT2D eigenvalue weighted by molar-refractivity contribution is -0.143. The predicted molar refractivity (Wildman–Crippen MR) is 95.9 cm³/mol. The minimum absolute atomic E-state index is 0.305. The van der Waals surface area contributed by atoms with Crippen LogP contribution in [0, 0.1) is 5.92 Å². The molecule has 0 saturated heterocycles. The number of carboxylic acid groups (broad SMARTS) is 2. The molecular weight excluding hydrogens is 376 g/mol. The zero-order valence-corrected chi connectivity index (χ0v) is 15.8. The van der Waals surface area contributed by atoms with Crippen molar-refractivity contribution in [1.82, 2.24) is 16.0 Å². The molecule has 0 aliphatic heterocycles. The first kappa shape index (κ1) is 25.3. The summed E-state index contributed by atoms with van der Waals surface area (Å²) >= 11 is 0. The fraction of sp³-hybridized carbons (Fsp3) is 0.688. The molecule has 8 N–H and O–H groups in total. The molecule has 28 heavy (non-hydrogen) atoms. The summed E-state index contributed by atoms with van der Waals surface area (Å²) in [6, 6.07) is -4.00. The molecular formula is C16H28N4O8. The van der Waals surface area contributed by atoms with Crippen LogP contribution in [0.5, 0.6) is 0 Å². The summed E-state index contributed by atoms with van der Waals surface area (Å²) in [6.07, 6.45) is -0.339. The van der Waals surface area contributed by atoms with E-state index in [-0.39, 0.29) is 18.9 Å². The second kappa shape index (κ2) is 12.6. The van der Waals surface area contributed by atoms with Crippen molar-refractivity contribution in [3.8, 4) is 0 Å². The number of hydrogen-bond acceptors (Lipinski definition) is 7. The van der Waals surface area contributed by atoms with Gasteiger partial charge in [-0.1, -0.05) is 20.3 Å². The van der Waals surface area contributed by atoms with Gasteiger partial charge in [0, 0.05) is 6.42 Å². The van der Waals surface area contributed by atoms with Gasteiger partial charge in [0.1, 0.15) is 18.1 Å². The van der Waals surface area contributed by atoms with E-state index < -0.39 is 60.8 Å². The maximum atomic E-state index is 12.5. The predicted octanol–water partition coefficient (Wildman–Crippen LogP) is -2.61. The van der Waals surface area contributed by atoms with Crippen molar-refractivity contribution in [2.24, 2.45) is 11.7 Å². The molecule has 12 nitrogen and oxygen atoms in total. The summed E-state index contributed by atoms with van der Waals surface area (Å²) in [4.78, 5) is 57.9. The second-order valence-electron chi connectivity index (χ2n) is 6.21. The lowest BCUT2D eigenvalue weighted by atomic mass is 9.98. The lowest BCUT2D eigenvalue weighted by Gasteiger charge is -2.26. The summed E-state index contributed by atoms with van der Waals surface area (Å²) < 4.78 is 0. The number of carbonyl (C=O) groups excluding carboxylic acids is 3. The van der Waals surface area contributed by atoms with E-state index >= 15 is 0 Å². The van der Waals surface area contributed by atoms with Gasteiger partial charge >= 0.3 is 11.9 Å². The van der Waals surface area contributed by atoms with E-state index in [9.17, 15) is 29.1 Å². The highest BCUT2D eigenvalue weighted by molar-refractivity contribution is 5.93. The van der Waals surface area contributed by atoms with E-state index in [0.717, 1.165) is 0 Å². The minimum Gasteiger partial charge on any atom is -0.481 e. The van der Waals surface area contributed by atoms with Crippen molar-refractivity contribution >= 4 is 29.7 Å². The first-order chi connectivity index (χ1) is 13.1. The van der Waals surface area contributed by atoms with E-state index in [1.807, 2.05) is 0 Å². The Labute approximate surface area is 161 Å². The van der Waals surface area contributed by atoms with E-state index in [0.29, 0.717) is 6.42 Å². The molecule has 12 heteroatoms. The molecule has 0 aromatic heterocycles. The normalized spacial score (nSPS) is 14.9. The Kier molecular flexibility index (Phi) is 11.4. The van der Waals surface area contributed by atoms with Crippen molar-refractivity contribution in [2.75, 3.05) is 13.2 Å². The maximum Gasteiger partial charge on any atom is 0.326 e. The van der Waals surface area contributed by atoms with Gasteiger partial charge in [-0.2, -0.15) is 0 Å². The number of aliphatic hydroxyl groups excluding tert-OH is 1. The molecule has 0 aliphatic rings. The number of hydrogen-bond donors (Lipinski definition) is 7. The molecule has 0 aromatic carbocycles. The van der Waals surface area contributed by atoms with Gasteiger partial charge in [-0.15, -0.1) is 0 Å². The Morgan fingerprint density at radius 2 is 1.54 bits per heavy atom.